The highest BCUT2D eigenvalue weighted by atomic mass is 32.2. The summed E-state index contributed by atoms with van der Waals surface area (Å²) in [7, 11) is 0. The summed E-state index contributed by atoms with van der Waals surface area (Å²) in [6.45, 7) is 7.44. The molecule has 2 aromatic rings. The first-order valence-electron chi connectivity index (χ1n) is 12.0. The first-order chi connectivity index (χ1) is 14.9. The monoisotopic (exact) mass is 419 g/mol. The van der Waals surface area contributed by atoms with Crippen LogP contribution in [0, 0.1) is 0 Å². The zero-order valence-electron chi connectivity index (χ0n) is 17.9. The Balaban J connectivity index is 1.11. The van der Waals surface area contributed by atoms with Crippen molar-refractivity contribution >= 4 is 23.1 Å². The van der Waals surface area contributed by atoms with Crippen LogP contribution in [-0.4, -0.2) is 56.0 Å². The number of benzene rings is 2. The number of likely N-dealkylation sites (tertiary alicyclic amines) is 1. The molecule has 0 unspecified atom stereocenters. The van der Waals surface area contributed by atoms with E-state index in [1.54, 1.807) is 16.8 Å². The van der Waals surface area contributed by atoms with Crippen LogP contribution in [0.2, 0.25) is 0 Å². The van der Waals surface area contributed by atoms with Crippen molar-refractivity contribution in [1.29, 1.82) is 0 Å². The number of hydrogen-bond acceptors (Lipinski definition) is 4. The molecule has 4 heteroatoms. The van der Waals surface area contributed by atoms with Gasteiger partial charge in [-0.05, 0) is 67.7 Å². The summed E-state index contributed by atoms with van der Waals surface area (Å²) in [6.07, 6.45) is 6.48. The van der Waals surface area contributed by atoms with Gasteiger partial charge in [-0.15, -0.1) is 11.8 Å². The van der Waals surface area contributed by atoms with Crippen LogP contribution in [0.1, 0.15) is 42.7 Å². The van der Waals surface area contributed by atoms with Gasteiger partial charge in [-0.2, -0.15) is 0 Å². The van der Waals surface area contributed by atoms with E-state index in [-0.39, 0.29) is 0 Å². The Morgan fingerprint density at radius 2 is 1.90 bits per heavy atom. The molecule has 0 aliphatic carbocycles. The van der Waals surface area contributed by atoms with Crippen LogP contribution in [0.5, 0.6) is 0 Å². The van der Waals surface area contributed by atoms with E-state index in [0.717, 1.165) is 6.04 Å². The van der Waals surface area contributed by atoms with Gasteiger partial charge in [0.05, 0.1) is 5.69 Å². The van der Waals surface area contributed by atoms with Gasteiger partial charge >= 0.3 is 0 Å². The van der Waals surface area contributed by atoms with E-state index in [1.807, 2.05) is 0 Å². The minimum absolute atomic E-state index is 0.711. The maximum atomic E-state index is 2.79. The number of anilines is 2. The molecular weight excluding hydrogens is 386 g/mol. The molecule has 158 valence electrons. The fourth-order valence-corrected chi connectivity index (χ4v) is 7.38. The molecule has 6 rings (SSSR count). The summed E-state index contributed by atoms with van der Waals surface area (Å²) in [6, 6.07) is 16.9. The second-order valence-electron chi connectivity index (χ2n) is 9.43. The summed E-state index contributed by atoms with van der Waals surface area (Å²) in [5.74, 6) is 1.99. The molecule has 0 N–H and O–H groups in total. The Kier molecular flexibility index (Phi) is 5.16. The Morgan fingerprint density at radius 1 is 0.933 bits per heavy atom. The first-order valence-corrected chi connectivity index (χ1v) is 12.9. The average Bonchev–Trinajstić information content (AvgIpc) is 2.94. The van der Waals surface area contributed by atoms with Gasteiger partial charge in [0.15, 0.2) is 0 Å². The van der Waals surface area contributed by atoms with Gasteiger partial charge in [-0.3, -0.25) is 0 Å². The smallest absolute Gasteiger partial charge is 0.0543 e. The normalized spacial score (nSPS) is 25.5. The Labute approximate surface area is 185 Å². The topological polar surface area (TPSA) is 9.72 Å². The van der Waals surface area contributed by atoms with Crippen LogP contribution < -0.4 is 9.80 Å². The molecule has 2 atom stereocenters. The molecule has 0 amide bonds. The van der Waals surface area contributed by atoms with E-state index < -0.39 is 0 Å². The van der Waals surface area contributed by atoms with Crippen molar-refractivity contribution in [2.45, 2.75) is 49.0 Å². The third-order valence-corrected chi connectivity index (χ3v) is 8.82. The lowest BCUT2D eigenvalue weighted by Gasteiger charge is -2.39. The highest BCUT2D eigenvalue weighted by Gasteiger charge is 2.43. The molecule has 4 aliphatic heterocycles. The van der Waals surface area contributed by atoms with Gasteiger partial charge < -0.3 is 14.7 Å². The van der Waals surface area contributed by atoms with Crippen molar-refractivity contribution in [3.63, 3.8) is 0 Å². The number of piperidine rings is 1. The standard InChI is InChI=1S/C26H33N3S/c1-2-10-23-20(7-1)8-4-14-28(23)15-5-13-27-17-12-24-22(19-27)21-9-3-11-25-26(21)29(24)16-6-18-30-25/h1-3,7,9-11,22,24H,4-6,8,12-19H2/t22-,24-/m0/s1. The summed E-state index contributed by atoms with van der Waals surface area (Å²) < 4.78 is 0. The number of aryl methyl sites for hydroxylation is 1. The largest absolute Gasteiger partial charge is 0.371 e. The fourth-order valence-electron chi connectivity index (χ4n) is 6.34. The minimum Gasteiger partial charge on any atom is -0.371 e. The molecule has 2 aromatic carbocycles. The van der Waals surface area contributed by atoms with Crippen molar-refractivity contribution in [1.82, 2.24) is 4.90 Å². The van der Waals surface area contributed by atoms with Crippen LogP contribution in [0.25, 0.3) is 0 Å². The van der Waals surface area contributed by atoms with Crippen molar-refractivity contribution in [3.8, 4) is 0 Å². The first kappa shape index (κ1) is 19.1. The lowest BCUT2D eigenvalue weighted by molar-refractivity contribution is 0.192. The van der Waals surface area contributed by atoms with Crippen molar-refractivity contribution in [2.24, 2.45) is 0 Å². The number of rotatable bonds is 4. The molecule has 3 nitrogen and oxygen atoms in total. The van der Waals surface area contributed by atoms with E-state index >= 15 is 0 Å². The number of para-hydroxylation sites is 2. The molecule has 4 aliphatic rings. The Hall–Kier alpha value is -1.65. The zero-order chi connectivity index (χ0) is 19.9. The number of thioether (sulfide) groups is 1. The number of nitrogens with zero attached hydrogens (tertiary/aromatic N) is 3. The number of hydrogen-bond donors (Lipinski definition) is 0. The quantitative estimate of drug-likeness (QED) is 0.689. The second-order valence-corrected chi connectivity index (χ2v) is 10.6. The Morgan fingerprint density at radius 3 is 2.90 bits per heavy atom. The predicted octanol–water partition coefficient (Wildman–Crippen LogP) is 5.00. The van der Waals surface area contributed by atoms with E-state index in [1.165, 1.54) is 87.7 Å². The molecule has 0 spiro atoms. The molecule has 30 heavy (non-hydrogen) atoms. The van der Waals surface area contributed by atoms with Crippen molar-refractivity contribution in [3.05, 3.63) is 53.6 Å². The van der Waals surface area contributed by atoms with Crippen LogP contribution in [0.15, 0.2) is 47.4 Å². The van der Waals surface area contributed by atoms with E-state index in [0.29, 0.717) is 5.92 Å². The Bertz CT molecular complexity index is 913. The third kappa shape index (κ3) is 3.33. The zero-order valence-corrected chi connectivity index (χ0v) is 18.7. The molecule has 1 fully saturated rings. The van der Waals surface area contributed by atoms with E-state index in [9.17, 15) is 0 Å². The van der Waals surface area contributed by atoms with Crippen LogP contribution >= 0.6 is 11.8 Å². The van der Waals surface area contributed by atoms with Crippen LogP contribution in [-0.2, 0) is 6.42 Å². The highest BCUT2D eigenvalue weighted by molar-refractivity contribution is 7.99. The lowest BCUT2D eigenvalue weighted by Crippen LogP contribution is -2.47. The molecular formula is C26H33N3S. The lowest BCUT2D eigenvalue weighted by atomic mass is 9.89. The van der Waals surface area contributed by atoms with Gasteiger partial charge in [-0.25, -0.2) is 0 Å². The molecule has 0 bridgehead atoms. The van der Waals surface area contributed by atoms with Gasteiger partial charge in [0.2, 0.25) is 0 Å². The van der Waals surface area contributed by atoms with Crippen molar-refractivity contribution in [2.75, 3.05) is 54.8 Å². The minimum atomic E-state index is 0.711. The van der Waals surface area contributed by atoms with Gasteiger partial charge in [0, 0.05) is 55.3 Å². The molecule has 0 saturated carbocycles. The summed E-state index contributed by atoms with van der Waals surface area (Å²) >= 11 is 2.08. The maximum absolute atomic E-state index is 2.79. The summed E-state index contributed by atoms with van der Waals surface area (Å²) in [4.78, 5) is 9.72. The van der Waals surface area contributed by atoms with Gasteiger partial charge in [-0.1, -0.05) is 30.3 Å². The summed E-state index contributed by atoms with van der Waals surface area (Å²) in [5.41, 5.74) is 6.27. The van der Waals surface area contributed by atoms with E-state index in [2.05, 4.69) is 68.9 Å². The maximum Gasteiger partial charge on any atom is 0.0543 e. The average molecular weight is 420 g/mol. The highest BCUT2D eigenvalue weighted by Crippen LogP contribution is 2.50. The van der Waals surface area contributed by atoms with E-state index in [4.69, 9.17) is 0 Å². The van der Waals surface area contributed by atoms with Crippen LogP contribution in [0.3, 0.4) is 0 Å². The third-order valence-electron chi connectivity index (χ3n) is 7.69. The van der Waals surface area contributed by atoms with Crippen LogP contribution in [0.4, 0.5) is 11.4 Å². The molecule has 4 heterocycles. The summed E-state index contributed by atoms with van der Waals surface area (Å²) in [5, 5.41) is 0. The predicted molar refractivity (Wildman–Crippen MR) is 128 cm³/mol. The molecule has 0 radical (unpaired) electrons. The van der Waals surface area contributed by atoms with Gasteiger partial charge in [0.1, 0.15) is 0 Å². The number of fused-ring (bicyclic) bond motifs is 4. The fraction of sp³-hybridized carbons (Fsp3) is 0.538. The molecule has 0 aromatic heterocycles. The van der Waals surface area contributed by atoms with Gasteiger partial charge in [0.25, 0.3) is 0 Å². The van der Waals surface area contributed by atoms with Crippen molar-refractivity contribution < 1.29 is 0 Å². The second kappa shape index (κ2) is 8.12. The SMILES string of the molecule is c1ccc2c(c1)CCCN2CCCN1CC[C@H]2[C@@H](C1)c1cccc3c1N2CCCS3. The molecule has 1 saturated heterocycles.